The molecule has 0 amide bonds. The predicted molar refractivity (Wildman–Crippen MR) is 80.4 cm³/mol. The fraction of sp³-hybridized carbons (Fsp3) is 0.133. The smallest absolute Gasteiger partial charge is 0.338 e. The van der Waals surface area contributed by atoms with Crippen LogP contribution in [-0.4, -0.2) is 18.2 Å². The molecule has 5 heteroatoms. The Hall–Kier alpha value is -2.14. The SMILES string of the molecule is COc1ccc(SCc2cccc(N)c2C(=O)O)cc1. The molecular weight excluding hydrogens is 274 g/mol. The molecule has 0 saturated heterocycles. The molecule has 0 bridgehead atoms. The monoisotopic (exact) mass is 289 g/mol. The van der Waals surface area contributed by atoms with Crippen molar-refractivity contribution in [3.05, 3.63) is 53.6 Å². The third-order valence-electron chi connectivity index (χ3n) is 2.85. The Kier molecular flexibility index (Phi) is 4.53. The molecular formula is C15H15NO3S. The standard InChI is InChI=1S/C15H15NO3S/c1-19-11-5-7-12(8-6-11)20-9-10-3-2-4-13(16)14(10)15(17)18/h2-8H,9,16H2,1H3,(H,17,18). The number of ether oxygens (including phenoxy) is 1. The lowest BCUT2D eigenvalue weighted by Crippen LogP contribution is -2.06. The average molecular weight is 289 g/mol. The lowest BCUT2D eigenvalue weighted by molar-refractivity contribution is 0.0697. The van der Waals surface area contributed by atoms with E-state index in [0.717, 1.165) is 16.2 Å². The van der Waals surface area contributed by atoms with Crippen LogP contribution in [0, 0.1) is 0 Å². The summed E-state index contributed by atoms with van der Waals surface area (Å²) in [6, 6.07) is 12.8. The van der Waals surface area contributed by atoms with Crippen LogP contribution < -0.4 is 10.5 Å². The van der Waals surface area contributed by atoms with Crippen molar-refractivity contribution in [3.8, 4) is 5.75 Å². The highest BCUT2D eigenvalue weighted by Crippen LogP contribution is 2.28. The van der Waals surface area contributed by atoms with Gasteiger partial charge in [-0.25, -0.2) is 4.79 Å². The summed E-state index contributed by atoms with van der Waals surface area (Å²) < 4.78 is 5.09. The third-order valence-corrected chi connectivity index (χ3v) is 3.91. The molecule has 0 aromatic heterocycles. The summed E-state index contributed by atoms with van der Waals surface area (Å²) >= 11 is 1.56. The fourth-order valence-electron chi connectivity index (χ4n) is 1.83. The minimum Gasteiger partial charge on any atom is -0.497 e. The topological polar surface area (TPSA) is 72.5 Å². The van der Waals surface area contributed by atoms with Gasteiger partial charge in [-0.05, 0) is 35.9 Å². The lowest BCUT2D eigenvalue weighted by Gasteiger charge is -2.08. The van der Waals surface area contributed by atoms with Crippen molar-refractivity contribution in [2.75, 3.05) is 12.8 Å². The summed E-state index contributed by atoms with van der Waals surface area (Å²) in [4.78, 5) is 12.3. The zero-order chi connectivity index (χ0) is 14.5. The Balaban J connectivity index is 2.14. The van der Waals surface area contributed by atoms with Gasteiger partial charge in [-0.3, -0.25) is 0 Å². The maximum absolute atomic E-state index is 11.2. The zero-order valence-corrected chi connectivity index (χ0v) is 11.8. The first kappa shape index (κ1) is 14.3. The first-order valence-electron chi connectivity index (χ1n) is 5.99. The van der Waals surface area contributed by atoms with Crippen molar-refractivity contribution in [2.24, 2.45) is 0 Å². The van der Waals surface area contributed by atoms with Crippen molar-refractivity contribution in [3.63, 3.8) is 0 Å². The van der Waals surface area contributed by atoms with Gasteiger partial charge in [0.25, 0.3) is 0 Å². The molecule has 104 valence electrons. The van der Waals surface area contributed by atoms with Crippen LogP contribution in [0.5, 0.6) is 5.75 Å². The first-order chi connectivity index (χ1) is 9.61. The number of carbonyl (C=O) groups is 1. The quantitative estimate of drug-likeness (QED) is 0.653. The Morgan fingerprint density at radius 2 is 1.95 bits per heavy atom. The largest absolute Gasteiger partial charge is 0.497 e. The van der Waals surface area contributed by atoms with E-state index in [1.165, 1.54) is 0 Å². The van der Waals surface area contributed by atoms with Crippen LogP contribution in [0.2, 0.25) is 0 Å². The molecule has 20 heavy (non-hydrogen) atoms. The van der Waals surface area contributed by atoms with E-state index in [1.807, 2.05) is 24.3 Å². The summed E-state index contributed by atoms with van der Waals surface area (Å²) in [6.45, 7) is 0. The molecule has 4 nitrogen and oxygen atoms in total. The van der Waals surface area contributed by atoms with E-state index in [1.54, 1.807) is 37.1 Å². The number of hydrogen-bond acceptors (Lipinski definition) is 4. The molecule has 0 unspecified atom stereocenters. The number of methoxy groups -OCH3 is 1. The highest BCUT2D eigenvalue weighted by atomic mass is 32.2. The van der Waals surface area contributed by atoms with Gasteiger partial charge in [0.15, 0.2) is 0 Å². The molecule has 0 atom stereocenters. The highest BCUT2D eigenvalue weighted by molar-refractivity contribution is 7.98. The van der Waals surface area contributed by atoms with Crippen LogP contribution in [0.1, 0.15) is 15.9 Å². The Morgan fingerprint density at radius 1 is 1.25 bits per heavy atom. The van der Waals surface area contributed by atoms with E-state index in [2.05, 4.69) is 0 Å². The lowest BCUT2D eigenvalue weighted by atomic mass is 10.1. The number of benzene rings is 2. The van der Waals surface area contributed by atoms with Crippen LogP contribution in [0.4, 0.5) is 5.69 Å². The van der Waals surface area contributed by atoms with Crippen LogP contribution in [0.25, 0.3) is 0 Å². The number of nitrogen functional groups attached to an aromatic ring is 1. The maximum atomic E-state index is 11.2. The van der Waals surface area contributed by atoms with Crippen LogP contribution >= 0.6 is 11.8 Å². The second-order valence-corrected chi connectivity index (χ2v) is 5.20. The molecule has 0 fully saturated rings. The first-order valence-corrected chi connectivity index (χ1v) is 6.98. The van der Waals surface area contributed by atoms with E-state index in [4.69, 9.17) is 10.5 Å². The highest BCUT2D eigenvalue weighted by Gasteiger charge is 2.13. The van der Waals surface area contributed by atoms with Gasteiger partial charge in [0.05, 0.1) is 12.7 Å². The fourth-order valence-corrected chi connectivity index (χ4v) is 2.73. The third kappa shape index (κ3) is 3.24. The number of nitrogens with two attached hydrogens (primary N) is 1. The molecule has 0 spiro atoms. The van der Waals surface area contributed by atoms with E-state index in [-0.39, 0.29) is 5.56 Å². The minimum atomic E-state index is -0.992. The number of carboxylic acid groups (broad SMARTS) is 1. The van der Waals surface area contributed by atoms with Crippen molar-refractivity contribution < 1.29 is 14.6 Å². The van der Waals surface area contributed by atoms with Gasteiger partial charge >= 0.3 is 5.97 Å². The van der Waals surface area contributed by atoms with Crippen LogP contribution in [-0.2, 0) is 5.75 Å². The molecule has 2 aromatic carbocycles. The summed E-state index contributed by atoms with van der Waals surface area (Å²) in [5.74, 6) is 0.358. The van der Waals surface area contributed by atoms with E-state index in [0.29, 0.717) is 11.4 Å². The molecule has 2 rings (SSSR count). The summed E-state index contributed by atoms with van der Waals surface area (Å²) in [5.41, 5.74) is 6.93. The predicted octanol–water partition coefficient (Wildman–Crippen LogP) is 3.27. The van der Waals surface area contributed by atoms with Crippen molar-refractivity contribution >= 4 is 23.4 Å². The van der Waals surface area contributed by atoms with Crippen LogP contribution in [0.3, 0.4) is 0 Å². The Morgan fingerprint density at radius 3 is 2.55 bits per heavy atom. The van der Waals surface area contributed by atoms with E-state index < -0.39 is 5.97 Å². The number of aromatic carboxylic acids is 1. The van der Waals surface area contributed by atoms with Crippen molar-refractivity contribution in [1.29, 1.82) is 0 Å². The number of anilines is 1. The number of carboxylic acids is 1. The van der Waals surface area contributed by atoms with Gasteiger partial charge in [0.1, 0.15) is 5.75 Å². The van der Waals surface area contributed by atoms with Gasteiger partial charge in [-0.2, -0.15) is 0 Å². The zero-order valence-electron chi connectivity index (χ0n) is 11.0. The molecule has 0 saturated carbocycles. The summed E-state index contributed by atoms with van der Waals surface area (Å²) in [5, 5.41) is 9.21. The van der Waals surface area contributed by atoms with Crippen molar-refractivity contribution in [2.45, 2.75) is 10.6 Å². The molecule has 3 N–H and O–H groups in total. The molecule has 0 aliphatic rings. The second kappa shape index (κ2) is 6.34. The minimum absolute atomic E-state index is 0.188. The molecule has 0 aliphatic heterocycles. The maximum Gasteiger partial charge on any atom is 0.338 e. The van der Waals surface area contributed by atoms with Crippen LogP contribution in [0.15, 0.2) is 47.4 Å². The number of thioether (sulfide) groups is 1. The summed E-state index contributed by atoms with van der Waals surface area (Å²) in [7, 11) is 1.62. The van der Waals surface area contributed by atoms with Gasteiger partial charge in [-0.15, -0.1) is 11.8 Å². The Labute approximate surface area is 121 Å². The normalized spacial score (nSPS) is 10.2. The number of hydrogen-bond donors (Lipinski definition) is 2. The second-order valence-electron chi connectivity index (χ2n) is 4.15. The van der Waals surface area contributed by atoms with E-state index in [9.17, 15) is 9.90 Å². The number of rotatable bonds is 5. The van der Waals surface area contributed by atoms with Gasteiger partial charge in [-0.1, -0.05) is 12.1 Å². The average Bonchev–Trinajstić information content (AvgIpc) is 2.45. The van der Waals surface area contributed by atoms with Gasteiger partial charge < -0.3 is 15.6 Å². The molecule has 2 aromatic rings. The van der Waals surface area contributed by atoms with Gasteiger partial charge in [0, 0.05) is 16.3 Å². The Bertz CT molecular complexity index is 611. The van der Waals surface area contributed by atoms with E-state index >= 15 is 0 Å². The molecule has 0 radical (unpaired) electrons. The molecule has 0 aliphatic carbocycles. The van der Waals surface area contributed by atoms with Gasteiger partial charge in [0.2, 0.25) is 0 Å². The van der Waals surface area contributed by atoms with Crippen molar-refractivity contribution in [1.82, 2.24) is 0 Å². The summed E-state index contributed by atoms with van der Waals surface area (Å²) in [6.07, 6.45) is 0. The molecule has 0 heterocycles.